The Morgan fingerprint density at radius 2 is 1.95 bits per heavy atom. The van der Waals surface area contributed by atoms with Crippen LogP contribution in [-0.2, 0) is 0 Å². The van der Waals surface area contributed by atoms with Crippen LogP contribution in [0.25, 0.3) is 10.2 Å². The van der Waals surface area contributed by atoms with Gasteiger partial charge in [0.15, 0.2) is 5.82 Å². The van der Waals surface area contributed by atoms with Gasteiger partial charge >= 0.3 is 0 Å². The third-order valence-corrected chi connectivity index (χ3v) is 4.12. The molecule has 0 amide bonds. The summed E-state index contributed by atoms with van der Waals surface area (Å²) in [7, 11) is 0. The third-order valence-electron chi connectivity index (χ3n) is 3.03. The van der Waals surface area contributed by atoms with Crippen molar-refractivity contribution < 1.29 is 13.9 Å². The average molecular weight is 308 g/mol. The third kappa shape index (κ3) is 2.33. The quantitative estimate of drug-likeness (QED) is 0.511. The number of rotatable bonds is 3. The Bertz CT molecular complexity index is 788. The monoisotopic (exact) mass is 308 g/mol. The first-order valence-corrected chi connectivity index (χ1v) is 6.76. The van der Waals surface area contributed by atoms with E-state index in [4.69, 9.17) is 5.84 Å². The molecule has 0 fully saturated rings. The number of halogens is 2. The standard InChI is InChI=1S/C13H10F2N4OS/c14-7-2-1-3-8(15)10(7)11(20)9-4-6-12(19-16)17-5-18-13(6)21-9/h1-5,11,20H,16H2,(H,17,18,19). The lowest BCUT2D eigenvalue weighted by atomic mass is 10.1. The van der Waals surface area contributed by atoms with E-state index in [-0.39, 0.29) is 5.56 Å². The Hall–Kier alpha value is -2.16. The molecule has 8 heteroatoms. The number of nitrogen functional groups attached to an aromatic ring is 1. The Morgan fingerprint density at radius 3 is 2.62 bits per heavy atom. The highest BCUT2D eigenvalue weighted by atomic mass is 32.1. The van der Waals surface area contributed by atoms with E-state index >= 15 is 0 Å². The molecule has 3 aromatic rings. The normalized spacial score (nSPS) is 12.6. The Balaban J connectivity index is 2.12. The number of hydrazine groups is 1. The van der Waals surface area contributed by atoms with Gasteiger partial charge in [0.25, 0.3) is 0 Å². The fourth-order valence-electron chi connectivity index (χ4n) is 2.04. The van der Waals surface area contributed by atoms with Crippen molar-refractivity contribution in [2.45, 2.75) is 6.10 Å². The number of hydrogen-bond acceptors (Lipinski definition) is 6. The first-order valence-electron chi connectivity index (χ1n) is 5.95. The second-order valence-electron chi connectivity index (χ2n) is 4.27. The number of nitrogens with two attached hydrogens (primary N) is 1. The lowest BCUT2D eigenvalue weighted by Gasteiger charge is -2.10. The van der Waals surface area contributed by atoms with E-state index in [9.17, 15) is 13.9 Å². The van der Waals surface area contributed by atoms with Crippen LogP contribution in [-0.4, -0.2) is 15.1 Å². The molecule has 0 bridgehead atoms. The van der Waals surface area contributed by atoms with Gasteiger partial charge in [-0.25, -0.2) is 24.6 Å². The van der Waals surface area contributed by atoms with Crippen molar-refractivity contribution in [1.29, 1.82) is 0 Å². The van der Waals surface area contributed by atoms with Crippen LogP contribution >= 0.6 is 11.3 Å². The summed E-state index contributed by atoms with van der Waals surface area (Å²) in [6.07, 6.45) is -0.107. The molecule has 1 atom stereocenters. The van der Waals surface area contributed by atoms with Gasteiger partial charge in [0.05, 0.1) is 10.9 Å². The molecule has 5 nitrogen and oxygen atoms in total. The highest BCUT2D eigenvalue weighted by Crippen LogP contribution is 2.35. The maximum Gasteiger partial charge on any atom is 0.152 e. The number of anilines is 1. The summed E-state index contributed by atoms with van der Waals surface area (Å²) in [6, 6.07) is 5.00. The van der Waals surface area contributed by atoms with Gasteiger partial charge in [-0.05, 0) is 18.2 Å². The van der Waals surface area contributed by atoms with Crippen LogP contribution in [0.15, 0.2) is 30.6 Å². The number of thiophene rings is 1. The summed E-state index contributed by atoms with van der Waals surface area (Å²) in [6.45, 7) is 0. The number of fused-ring (bicyclic) bond motifs is 1. The number of nitrogens with one attached hydrogen (secondary N) is 1. The minimum absolute atomic E-state index is 0.353. The molecule has 0 saturated heterocycles. The lowest BCUT2D eigenvalue weighted by molar-refractivity contribution is 0.213. The summed E-state index contributed by atoms with van der Waals surface area (Å²) in [5.74, 6) is 4.12. The topological polar surface area (TPSA) is 84.1 Å². The number of nitrogens with zero attached hydrogens (tertiary/aromatic N) is 2. The molecule has 0 radical (unpaired) electrons. The molecule has 2 heterocycles. The smallest absolute Gasteiger partial charge is 0.152 e. The summed E-state index contributed by atoms with van der Waals surface area (Å²) in [4.78, 5) is 8.89. The Kier molecular flexibility index (Phi) is 3.50. The van der Waals surface area contributed by atoms with E-state index in [1.807, 2.05) is 0 Å². The van der Waals surface area contributed by atoms with Gasteiger partial charge in [-0.3, -0.25) is 0 Å². The average Bonchev–Trinajstić information content (AvgIpc) is 2.90. The predicted molar refractivity (Wildman–Crippen MR) is 75.6 cm³/mol. The van der Waals surface area contributed by atoms with Crippen LogP contribution in [0.4, 0.5) is 14.6 Å². The van der Waals surface area contributed by atoms with E-state index in [1.54, 1.807) is 6.07 Å². The van der Waals surface area contributed by atoms with E-state index in [0.29, 0.717) is 20.9 Å². The molecule has 2 aromatic heterocycles. The van der Waals surface area contributed by atoms with Crippen molar-refractivity contribution in [2.24, 2.45) is 5.84 Å². The Morgan fingerprint density at radius 1 is 1.24 bits per heavy atom. The first kappa shape index (κ1) is 13.8. The molecule has 21 heavy (non-hydrogen) atoms. The summed E-state index contributed by atoms with van der Waals surface area (Å²) >= 11 is 1.12. The zero-order valence-electron chi connectivity index (χ0n) is 10.5. The van der Waals surface area contributed by atoms with Gasteiger partial charge in [-0.15, -0.1) is 11.3 Å². The number of aliphatic hydroxyl groups excluding tert-OH is 1. The molecule has 0 saturated carbocycles. The minimum Gasteiger partial charge on any atom is -0.383 e. The van der Waals surface area contributed by atoms with Crippen LogP contribution in [0.5, 0.6) is 0 Å². The van der Waals surface area contributed by atoms with E-state index in [2.05, 4.69) is 15.4 Å². The lowest BCUT2D eigenvalue weighted by Crippen LogP contribution is -2.08. The van der Waals surface area contributed by atoms with Crippen molar-refractivity contribution in [1.82, 2.24) is 9.97 Å². The zero-order chi connectivity index (χ0) is 15.0. The number of hydrogen-bond donors (Lipinski definition) is 3. The molecular weight excluding hydrogens is 298 g/mol. The molecule has 0 aliphatic carbocycles. The molecular formula is C13H10F2N4OS. The fraction of sp³-hybridized carbons (Fsp3) is 0.0769. The number of aromatic nitrogens is 2. The van der Waals surface area contributed by atoms with Gasteiger partial charge in [0, 0.05) is 4.88 Å². The SMILES string of the molecule is NNc1ncnc2sc(C(O)c3c(F)cccc3F)cc12. The molecule has 0 aliphatic heterocycles. The van der Waals surface area contributed by atoms with Crippen molar-refractivity contribution in [3.63, 3.8) is 0 Å². The second-order valence-corrected chi connectivity index (χ2v) is 5.33. The maximum absolute atomic E-state index is 13.7. The van der Waals surface area contributed by atoms with Gasteiger partial charge in [-0.1, -0.05) is 6.07 Å². The predicted octanol–water partition coefficient (Wildman–Crippen LogP) is 2.34. The zero-order valence-corrected chi connectivity index (χ0v) is 11.4. The minimum atomic E-state index is -1.42. The second kappa shape index (κ2) is 5.32. The number of benzene rings is 1. The first-order chi connectivity index (χ1) is 10.1. The summed E-state index contributed by atoms with van der Waals surface area (Å²) in [5.41, 5.74) is 2.02. The molecule has 0 aliphatic rings. The van der Waals surface area contributed by atoms with Crippen LogP contribution < -0.4 is 11.3 Å². The molecule has 1 aromatic carbocycles. The molecule has 108 valence electrons. The van der Waals surface area contributed by atoms with Gasteiger partial charge < -0.3 is 10.5 Å². The molecule has 3 rings (SSSR count). The van der Waals surface area contributed by atoms with Crippen LogP contribution in [0.1, 0.15) is 16.5 Å². The fourth-order valence-corrected chi connectivity index (χ4v) is 3.03. The molecule has 4 N–H and O–H groups in total. The Labute approximate surface area is 122 Å². The van der Waals surface area contributed by atoms with Crippen LogP contribution in [0.2, 0.25) is 0 Å². The van der Waals surface area contributed by atoms with Gasteiger partial charge in [0.1, 0.15) is 28.9 Å². The van der Waals surface area contributed by atoms with Gasteiger partial charge in [-0.2, -0.15) is 0 Å². The number of aliphatic hydroxyl groups is 1. The highest BCUT2D eigenvalue weighted by Gasteiger charge is 2.22. The van der Waals surface area contributed by atoms with Crippen molar-refractivity contribution in [3.8, 4) is 0 Å². The van der Waals surface area contributed by atoms with Gasteiger partial charge in [0.2, 0.25) is 0 Å². The molecule has 1 unspecified atom stereocenters. The highest BCUT2D eigenvalue weighted by molar-refractivity contribution is 7.18. The maximum atomic E-state index is 13.7. The largest absolute Gasteiger partial charge is 0.383 e. The van der Waals surface area contributed by atoms with E-state index in [1.165, 1.54) is 12.4 Å². The van der Waals surface area contributed by atoms with E-state index < -0.39 is 17.7 Å². The van der Waals surface area contributed by atoms with E-state index in [0.717, 1.165) is 23.5 Å². The van der Waals surface area contributed by atoms with Crippen molar-refractivity contribution in [3.05, 3.63) is 52.7 Å². The van der Waals surface area contributed by atoms with Crippen molar-refractivity contribution >= 4 is 27.4 Å². The summed E-state index contributed by atoms with van der Waals surface area (Å²) in [5, 5.41) is 10.8. The van der Waals surface area contributed by atoms with Crippen LogP contribution in [0.3, 0.4) is 0 Å². The van der Waals surface area contributed by atoms with Crippen molar-refractivity contribution in [2.75, 3.05) is 5.43 Å². The molecule has 0 spiro atoms. The summed E-state index contributed by atoms with van der Waals surface area (Å²) < 4.78 is 27.5. The van der Waals surface area contributed by atoms with Crippen LogP contribution in [0, 0.1) is 11.6 Å².